The summed E-state index contributed by atoms with van der Waals surface area (Å²) in [6.07, 6.45) is 0. The number of alkyl halides is 2. The molecule has 0 amide bonds. The third-order valence-corrected chi connectivity index (χ3v) is 4.38. The maximum Gasteiger partial charge on any atom is 0.339 e. The monoisotopic (exact) mass is 391 g/mol. The fraction of sp³-hybridized carbons (Fsp3) is 0.158. The molecule has 1 aromatic heterocycles. The number of ether oxygens (including phenoxy) is 2. The Morgan fingerprint density at radius 1 is 1.19 bits per heavy atom. The zero-order valence-corrected chi connectivity index (χ0v) is 15.0. The number of aromatic nitrogens is 1. The Morgan fingerprint density at radius 2 is 2.00 bits per heavy atom. The number of methoxy groups -OCH3 is 1. The summed E-state index contributed by atoms with van der Waals surface area (Å²) in [5, 5.41) is 3.87. The van der Waals surface area contributed by atoms with Gasteiger partial charge in [0.05, 0.1) is 12.7 Å². The zero-order chi connectivity index (χ0) is 19.2. The van der Waals surface area contributed by atoms with Crippen molar-refractivity contribution in [3.8, 4) is 17.1 Å². The van der Waals surface area contributed by atoms with E-state index in [9.17, 15) is 13.6 Å². The molecule has 0 aliphatic rings. The second-order valence-corrected chi connectivity index (χ2v) is 6.40. The minimum atomic E-state index is -2.63. The average molecular weight is 391 g/mol. The Kier molecular flexibility index (Phi) is 6.08. The summed E-state index contributed by atoms with van der Waals surface area (Å²) < 4.78 is 40.8. The predicted molar refractivity (Wildman–Crippen MR) is 95.9 cm³/mol. The summed E-state index contributed by atoms with van der Waals surface area (Å²) in [5.74, 6) is -2.16. The van der Waals surface area contributed by atoms with Crippen molar-refractivity contribution in [1.82, 2.24) is 5.16 Å². The van der Waals surface area contributed by atoms with Gasteiger partial charge in [0.15, 0.2) is 5.76 Å². The second-order valence-electron chi connectivity index (χ2n) is 5.37. The first-order valence-electron chi connectivity index (χ1n) is 7.88. The molecule has 0 N–H and O–H groups in total. The Labute approximate surface area is 158 Å². The second kappa shape index (κ2) is 8.68. The number of rotatable bonds is 7. The van der Waals surface area contributed by atoms with Crippen LogP contribution in [0.4, 0.5) is 8.78 Å². The van der Waals surface area contributed by atoms with Gasteiger partial charge in [0, 0.05) is 16.5 Å². The lowest BCUT2D eigenvalue weighted by atomic mass is 10.1. The molecule has 5 nitrogen and oxygen atoms in total. The molecule has 0 aliphatic carbocycles. The summed E-state index contributed by atoms with van der Waals surface area (Å²) in [5.41, 5.74) is 1.25. The zero-order valence-electron chi connectivity index (χ0n) is 14.2. The van der Waals surface area contributed by atoms with E-state index in [2.05, 4.69) is 5.16 Å². The number of nitrogens with zero attached hydrogens (tertiary/aromatic N) is 1. The van der Waals surface area contributed by atoms with Gasteiger partial charge < -0.3 is 14.0 Å². The van der Waals surface area contributed by atoms with E-state index in [-0.39, 0.29) is 17.1 Å². The van der Waals surface area contributed by atoms with E-state index in [1.54, 1.807) is 37.4 Å². The highest BCUT2D eigenvalue weighted by Crippen LogP contribution is 2.29. The first kappa shape index (κ1) is 18.9. The molecule has 2 aromatic carbocycles. The summed E-state index contributed by atoms with van der Waals surface area (Å²) in [7, 11) is 1.56. The normalized spacial score (nSPS) is 10.8. The van der Waals surface area contributed by atoms with Crippen LogP contribution in [0.25, 0.3) is 11.3 Å². The van der Waals surface area contributed by atoms with Crippen LogP contribution in [-0.2, 0) is 11.3 Å². The largest absolute Gasteiger partial charge is 0.497 e. The maximum atomic E-state index is 12.6. The third kappa shape index (κ3) is 4.85. The molecule has 3 aromatic rings. The van der Waals surface area contributed by atoms with Crippen LogP contribution < -0.4 is 4.74 Å². The van der Waals surface area contributed by atoms with Crippen molar-refractivity contribution in [2.24, 2.45) is 0 Å². The number of carbonyl (C=O) groups is 1. The van der Waals surface area contributed by atoms with Crippen molar-refractivity contribution in [2.45, 2.75) is 17.3 Å². The summed E-state index contributed by atoms with van der Waals surface area (Å²) in [6.45, 7) is -0.139. The number of benzene rings is 2. The van der Waals surface area contributed by atoms with Crippen LogP contribution in [0.5, 0.6) is 5.75 Å². The van der Waals surface area contributed by atoms with Crippen LogP contribution in [0.3, 0.4) is 0 Å². The van der Waals surface area contributed by atoms with Crippen molar-refractivity contribution in [2.75, 3.05) is 7.11 Å². The molecule has 8 heteroatoms. The number of hydrogen-bond donors (Lipinski definition) is 0. The van der Waals surface area contributed by atoms with Crippen LogP contribution >= 0.6 is 11.8 Å². The molecular formula is C19H15F2NO4S. The molecule has 1 heterocycles. The molecule has 0 atom stereocenters. The van der Waals surface area contributed by atoms with Crippen molar-refractivity contribution in [1.29, 1.82) is 0 Å². The van der Waals surface area contributed by atoms with Crippen LogP contribution in [0.1, 0.15) is 16.1 Å². The number of thioether (sulfide) groups is 1. The van der Waals surface area contributed by atoms with Gasteiger partial charge in [0.2, 0.25) is 0 Å². The van der Waals surface area contributed by atoms with Gasteiger partial charge in [-0.25, -0.2) is 4.79 Å². The lowest BCUT2D eigenvalue weighted by Crippen LogP contribution is -2.07. The van der Waals surface area contributed by atoms with E-state index in [0.29, 0.717) is 29.0 Å². The molecule has 3 rings (SSSR count). The highest BCUT2D eigenvalue weighted by molar-refractivity contribution is 7.99. The van der Waals surface area contributed by atoms with Gasteiger partial charge in [-0.05, 0) is 24.3 Å². The Morgan fingerprint density at radius 3 is 2.78 bits per heavy atom. The van der Waals surface area contributed by atoms with E-state index in [4.69, 9.17) is 14.0 Å². The van der Waals surface area contributed by atoms with Crippen molar-refractivity contribution >= 4 is 17.7 Å². The lowest BCUT2D eigenvalue weighted by Gasteiger charge is -2.07. The summed E-state index contributed by atoms with van der Waals surface area (Å²) in [6, 6.07) is 14.9. The molecule has 0 fully saturated rings. The molecule has 0 spiro atoms. The van der Waals surface area contributed by atoms with E-state index in [1.807, 2.05) is 12.1 Å². The molecule has 0 aliphatic heterocycles. The molecule has 0 bridgehead atoms. The van der Waals surface area contributed by atoms with E-state index in [0.717, 1.165) is 5.56 Å². The van der Waals surface area contributed by atoms with E-state index >= 15 is 0 Å². The van der Waals surface area contributed by atoms with Gasteiger partial charge >= 0.3 is 5.97 Å². The molecular weight excluding hydrogens is 376 g/mol. The van der Waals surface area contributed by atoms with Crippen molar-refractivity contribution in [3.05, 3.63) is 65.9 Å². The van der Waals surface area contributed by atoms with Gasteiger partial charge in [-0.3, -0.25) is 0 Å². The molecule has 27 heavy (non-hydrogen) atoms. The van der Waals surface area contributed by atoms with Crippen LogP contribution in [0, 0.1) is 0 Å². The van der Waals surface area contributed by atoms with E-state index < -0.39 is 11.7 Å². The molecule has 0 saturated carbocycles. The minimum Gasteiger partial charge on any atom is -0.497 e. The summed E-state index contributed by atoms with van der Waals surface area (Å²) >= 11 is 0.300. The molecule has 0 radical (unpaired) electrons. The molecule has 140 valence electrons. The van der Waals surface area contributed by atoms with Crippen LogP contribution in [0.2, 0.25) is 0 Å². The number of carbonyl (C=O) groups excluding carboxylic acids is 1. The van der Waals surface area contributed by atoms with Gasteiger partial charge in [0.1, 0.15) is 18.1 Å². The Hall–Kier alpha value is -2.87. The number of esters is 1. The lowest BCUT2D eigenvalue weighted by molar-refractivity contribution is 0.0460. The van der Waals surface area contributed by atoms with Gasteiger partial charge in [-0.15, -0.1) is 0 Å². The fourth-order valence-electron chi connectivity index (χ4n) is 2.34. The average Bonchev–Trinajstić information content (AvgIpc) is 3.15. The first-order valence-corrected chi connectivity index (χ1v) is 8.76. The van der Waals surface area contributed by atoms with Gasteiger partial charge in [-0.2, -0.15) is 8.78 Å². The van der Waals surface area contributed by atoms with Crippen molar-refractivity contribution < 1.29 is 27.6 Å². The summed E-state index contributed by atoms with van der Waals surface area (Å²) in [4.78, 5) is 12.4. The number of halogens is 2. The van der Waals surface area contributed by atoms with Gasteiger partial charge in [-0.1, -0.05) is 41.2 Å². The maximum absolute atomic E-state index is 12.6. The van der Waals surface area contributed by atoms with Crippen molar-refractivity contribution in [3.63, 3.8) is 0 Å². The van der Waals surface area contributed by atoms with Crippen LogP contribution in [0.15, 0.2) is 64.0 Å². The smallest absolute Gasteiger partial charge is 0.339 e. The predicted octanol–water partition coefficient (Wildman–Crippen LogP) is 5.02. The van der Waals surface area contributed by atoms with Crippen LogP contribution in [-0.4, -0.2) is 24.0 Å². The highest BCUT2D eigenvalue weighted by Gasteiger charge is 2.17. The fourth-order valence-corrected chi connectivity index (χ4v) is 2.97. The topological polar surface area (TPSA) is 61.6 Å². The first-order chi connectivity index (χ1) is 13.1. The standard InChI is InChI=1S/C19H15F2NO4S/c1-24-14-6-4-5-12(9-14)16-10-13(22-26-16)11-25-18(23)15-7-2-3-8-17(15)27-19(20)21/h2-10,19H,11H2,1H3. The molecule has 0 saturated heterocycles. The highest BCUT2D eigenvalue weighted by atomic mass is 32.2. The van der Waals surface area contributed by atoms with Gasteiger partial charge in [0.25, 0.3) is 5.76 Å². The van der Waals surface area contributed by atoms with E-state index in [1.165, 1.54) is 12.1 Å². The number of hydrogen-bond acceptors (Lipinski definition) is 6. The SMILES string of the molecule is COc1cccc(-c2cc(COC(=O)c3ccccc3SC(F)F)no2)c1. The quantitative estimate of drug-likeness (QED) is 0.416. The third-order valence-electron chi connectivity index (χ3n) is 3.59. The molecule has 0 unspecified atom stereocenters. The minimum absolute atomic E-state index is 0.0827. The Balaban J connectivity index is 1.67. The Bertz CT molecular complexity index is 929.